The van der Waals surface area contributed by atoms with Crippen LogP contribution in [0.1, 0.15) is 133 Å². The van der Waals surface area contributed by atoms with Crippen molar-refractivity contribution in [3.8, 4) is 5.75 Å². The van der Waals surface area contributed by atoms with Crippen LogP contribution in [0.4, 0.5) is 0 Å². The van der Waals surface area contributed by atoms with Crippen LogP contribution in [0.5, 0.6) is 5.75 Å². The monoisotopic (exact) mass is 1900 g/mol. The fourth-order valence-corrected chi connectivity index (χ4v) is 17.2. The fraction of sp³-hybridized carbons (Fsp3) is 0.506. The van der Waals surface area contributed by atoms with Crippen LogP contribution in [0.15, 0.2) is 97.7 Å². The van der Waals surface area contributed by atoms with E-state index in [0.717, 1.165) is 31.5 Å². The number of amides is 17. The highest BCUT2D eigenvalue weighted by Gasteiger charge is 2.47. The Morgan fingerprint density at radius 2 is 1.04 bits per heavy atom. The molecule has 3 fully saturated rings. The number of fused-ring (bicyclic) bond motifs is 4. The molecule has 3 aliphatic heterocycles. The highest BCUT2D eigenvalue weighted by molar-refractivity contribution is 8.00. The molecular weight excluding hydrogens is 1780 g/mol. The Labute approximate surface area is 779 Å². The number of carboxylic acid groups (broad SMARTS) is 2. The molecule has 45 nitrogen and oxygen atoms in total. The van der Waals surface area contributed by atoms with Crippen molar-refractivity contribution < 1.29 is 117 Å². The van der Waals surface area contributed by atoms with E-state index in [1.165, 1.54) is 57.8 Å². The van der Waals surface area contributed by atoms with Crippen LogP contribution in [0.2, 0.25) is 0 Å². The molecule has 0 spiro atoms. The summed E-state index contributed by atoms with van der Waals surface area (Å²) >= 11 is 0.685. The second-order valence-electron chi connectivity index (χ2n) is 33.7. The molecule has 0 bridgehead atoms. The van der Waals surface area contributed by atoms with Gasteiger partial charge >= 0.3 is 11.9 Å². The largest absolute Gasteiger partial charge is 0.508 e. The number of aromatic nitrogens is 4. The Morgan fingerprint density at radius 3 is 1.64 bits per heavy atom. The minimum absolute atomic E-state index is 0.0649. The number of nitrogens with zero attached hydrogens (tertiary/aromatic N) is 6. The summed E-state index contributed by atoms with van der Waals surface area (Å²) in [5.74, 6) is -22.0. The normalized spacial score (nSPS) is 24.7. The van der Waals surface area contributed by atoms with Crippen molar-refractivity contribution in [3.63, 3.8) is 0 Å². The second-order valence-corrected chi connectivity index (χ2v) is 34.8. The molecule has 0 radical (unpaired) electrons. The molecule has 3 aliphatic rings. The lowest BCUT2D eigenvalue weighted by molar-refractivity contribution is -0.149. The number of hydrogen-bond acceptors (Lipinski definition) is 24. The van der Waals surface area contributed by atoms with Crippen molar-refractivity contribution in [1.29, 1.82) is 0 Å². The quantitative estimate of drug-likeness (QED) is 0.0250. The van der Waals surface area contributed by atoms with E-state index in [4.69, 9.17) is 11.5 Å². The van der Waals surface area contributed by atoms with Crippen molar-refractivity contribution in [3.05, 3.63) is 120 Å². The fourth-order valence-electron chi connectivity index (χ4n) is 16.4. The van der Waals surface area contributed by atoms with Crippen LogP contribution in [-0.2, 0) is 117 Å². The summed E-state index contributed by atoms with van der Waals surface area (Å²) in [6.07, 6.45) is -0.112. The average molecular weight is 1900 g/mol. The smallest absolute Gasteiger partial charge is 0.305 e. The number of imidazole rings is 1. The van der Waals surface area contributed by atoms with Gasteiger partial charge in [0.1, 0.15) is 90.3 Å². The van der Waals surface area contributed by atoms with Gasteiger partial charge in [-0.2, -0.15) is 0 Å². The number of aromatic hydroxyl groups is 1. The van der Waals surface area contributed by atoms with Crippen molar-refractivity contribution in [2.45, 2.75) is 227 Å². The first kappa shape index (κ1) is 105. The summed E-state index contributed by atoms with van der Waals surface area (Å²) in [5, 5.41) is 79.6. The summed E-state index contributed by atoms with van der Waals surface area (Å²) in [4.78, 5) is 292. The maximum absolute atomic E-state index is 15.7. The zero-order valence-corrected chi connectivity index (χ0v) is 76.4. The number of nitrogens with one attached hydrogen (secondary N) is 13. The average Bonchev–Trinajstić information content (AvgIpc) is 1.66. The molecule has 17 amide bonds. The van der Waals surface area contributed by atoms with E-state index in [2.05, 4.69) is 73.1 Å². The number of phenolic OH excluding ortho intramolecular Hbond substituents is 1. The topological polar surface area (TPSA) is 674 Å². The molecule has 0 saturated carbocycles. The highest BCUT2D eigenvalue weighted by Crippen LogP contribution is 2.28. The van der Waals surface area contributed by atoms with Crippen LogP contribution >= 0.6 is 11.8 Å². The van der Waals surface area contributed by atoms with E-state index in [0.29, 0.717) is 63.1 Å². The molecular formula is C89H119N21O24S. The zero-order valence-electron chi connectivity index (χ0n) is 75.6. The van der Waals surface area contributed by atoms with Gasteiger partial charge in [0, 0.05) is 131 Å². The molecule has 46 heteroatoms. The highest BCUT2D eigenvalue weighted by atomic mass is 32.2. The van der Waals surface area contributed by atoms with Gasteiger partial charge in [0.25, 0.3) is 0 Å². The van der Waals surface area contributed by atoms with Crippen LogP contribution in [-0.4, -0.2) is 332 Å². The maximum atomic E-state index is 15.7. The Hall–Kier alpha value is -14.1. The zero-order chi connectivity index (χ0) is 98.6. The molecule has 0 aliphatic carbocycles. The number of carbonyl (C=O) groups excluding carboxylic acids is 17. The predicted octanol–water partition coefficient (Wildman–Crippen LogP) is -3.51. The van der Waals surface area contributed by atoms with Gasteiger partial charge in [-0.05, 0) is 86.4 Å². The minimum atomic E-state index is -1.96. The SMILES string of the molecule is CCCC[C@H]1C(=O)N(C)[C@@H](CCCC)C(=O)N[C@@H](CCC(=O)O)C(=O)N[C@H](C(=O)NCC(N)=O)CSCC(=O)N[C@@H](Cc2ccc(O)cc2)C(=O)N(C)[C@@H](C)C(=O)N[C@@H](CC(=O)O)C(=O)N2CCC[C@H]2C(=O)N[C@@H](Cc2cnc[nH]2)C(=O)N[C@@H](CCC(N)=O)C(=O)N2C[C@H](O)C[C@H]2C(=O)N[C@@H](Cc2c[nH]c3ccccc23)C(=O)N[C@@H](CO)C(=O)N[C@@H](Cc2c[nH]c3ccccc23)C(=O)N1C. The summed E-state index contributed by atoms with van der Waals surface area (Å²) < 4.78 is 0. The van der Waals surface area contributed by atoms with Gasteiger partial charge in [0.05, 0.1) is 37.8 Å². The van der Waals surface area contributed by atoms with Crippen LogP contribution in [0.25, 0.3) is 21.8 Å². The van der Waals surface area contributed by atoms with E-state index < -0.39 is 279 Å². The van der Waals surface area contributed by atoms with Gasteiger partial charge in [0.2, 0.25) is 100 Å². The van der Waals surface area contributed by atoms with E-state index in [1.54, 1.807) is 74.8 Å². The lowest BCUT2D eigenvalue weighted by Gasteiger charge is -2.36. The van der Waals surface area contributed by atoms with Gasteiger partial charge in [-0.25, -0.2) is 4.98 Å². The molecule has 3 aromatic heterocycles. The molecule has 6 aromatic rings. The Bertz CT molecular complexity index is 5280. The summed E-state index contributed by atoms with van der Waals surface area (Å²) in [6, 6.07) is -4.41. The number of aromatic amines is 3. The standard InChI is InChI=1S/C89H119N21O24S/c1-7-9-20-67-82(127)98-58(28-30-74(117)118)78(123)105-66(77(122)95-41-72(91)115)44-135-45-73(116)97-62(32-48-23-25-52(112)26-24-48)85(130)106(4)47(3)76(121)102-64(37-75(119)120)88(133)109-31-15-22-68(109)83(128)101-61(35-51-40-92-46-96-51)80(125)99-59(27-29-71(90)114)87(132)110-42-53(113)36-70(110)84(129)100-60(33-49-38-93-56-18-13-11-16-54(49)56)79(124)104-65(43-111)81(126)103-63(34-50-39-94-57-19-14-12-17-55(50)57)86(131)108(6)69(21-10-8-2)89(134)107(67)5/h11-14,16-19,23-26,38-40,46-47,53,58-70,93-94,111-113H,7-10,15,20-22,27-37,41-45H2,1-6H3,(H2,90,114)(H2,91,115)(H,92,96)(H,95,122)(H,97,116)(H,98,127)(H,99,125)(H,100,129)(H,101,128)(H,102,121)(H,103,126)(H,104,124)(H,105,123)(H,117,118)(H,119,120)/t47-,53+,58-,59-,60-,61-,62-,63-,64-,65-,66-,67-,68-,69-,70-/m0/s1. The number of rotatable bonds is 26. The van der Waals surface area contributed by atoms with Crippen molar-refractivity contribution >= 4 is 146 Å². The second kappa shape index (κ2) is 49.6. The first-order valence-corrected chi connectivity index (χ1v) is 45.6. The number of para-hydroxylation sites is 2. The first-order chi connectivity index (χ1) is 64.3. The summed E-state index contributed by atoms with van der Waals surface area (Å²) in [5.41, 5.74) is 13.7. The molecule has 9 rings (SSSR count). The lowest BCUT2D eigenvalue weighted by Crippen LogP contribution is -2.62. The number of hydrogen-bond donors (Lipinski definition) is 20. The number of H-pyrrole nitrogens is 3. The van der Waals surface area contributed by atoms with E-state index in [9.17, 15) is 78.3 Å². The number of carboxylic acids is 2. The van der Waals surface area contributed by atoms with Gasteiger partial charge in [-0.15, -0.1) is 11.8 Å². The van der Waals surface area contributed by atoms with Crippen molar-refractivity contribution in [2.75, 3.05) is 58.9 Å². The molecule has 0 unspecified atom stereocenters. The number of likely N-dealkylation sites (N-methyl/N-ethyl adjacent to an activating group) is 3. The maximum Gasteiger partial charge on any atom is 0.305 e. The Kier molecular flexibility index (Phi) is 38.5. The van der Waals surface area contributed by atoms with Crippen LogP contribution < -0.4 is 64.6 Å². The van der Waals surface area contributed by atoms with Gasteiger partial charge < -0.3 is 130 Å². The number of aliphatic hydroxyl groups excluding tert-OH is 2. The van der Waals surface area contributed by atoms with Gasteiger partial charge in [-0.1, -0.05) is 88.1 Å². The number of primary amides is 2. The number of phenols is 1. The van der Waals surface area contributed by atoms with E-state index in [1.807, 2.05) is 0 Å². The molecule has 15 atom stereocenters. The number of aliphatic hydroxyl groups is 2. The number of nitrogens with two attached hydrogens (primary N) is 2. The summed E-state index contributed by atoms with van der Waals surface area (Å²) in [6.45, 7) is 2.05. The third-order valence-electron chi connectivity index (χ3n) is 23.9. The Balaban J connectivity index is 1.10. The summed E-state index contributed by atoms with van der Waals surface area (Å²) in [7, 11) is 3.72. The number of benzene rings is 3. The van der Waals surface area contributed by atoms with Crippen LogP contribution in [0, 0.1) is 0 Å². The van der Waals surface area contributed by atoms with E-state index in [-0.39, 0.29) is 75.8 Å². The lowest BCUT2D eigenvalue weighted by atomic mass is 10.00. The molecule has 6 heterocycles. The Morgan fingerprint density at radius 1 is 0.519 bits per heavy atom. The van der Waals surface area contributed by atoms with Crippen molar-refractivity contribution in [2.24, 2.45) is 11.5 Å². The third-order valence-corrected chi connectivity index (χ3v) is 25.0. The number of thioether (sulfide) groups is 1. The van der Waals surface area contributed by atoms with Gasteiger partial charge in [0.15, 0.2) is 0 Å². The molecule has 730 valence electrons. The number of unbranched alkanes of at least 4 members (excludes halogenated alkanes) is 2. The molecule has 3 aromatic carbocycles. The minimum Gasteiger partial charge on any atom is -0.508 e. The van der Waals surface area contributed by atoms with Gasteiger partial charge in [-0.3, -0.25) is 91.1 Å². The van der Waals surface area contributed by atoms with Crippen molar-refractivity contribution in [1.82, 2.24) is 97.6 Å². The first-order valence-electron chi connectivity index (χ1n) is 44.4. The van der Waals surface area contributed by atoms with Crippen LogP contribution in [0.3, 0.4) is 0 Å². The predicted molar refractivity (Wildman–Crippen MR) is 485 cm³/mol. The molecule has 135 heavy (non-hydrogen) atoms. The molecule has 22 N–H and O–H groups in total. The van der Waals surface area contributed by atoms with E-state index >= 15 is 38.4 Å². The third kappa shape index (κ3) is 29.0. The molecule has 3 saturated heterocycles. The number of aliphatic carboxylic acids is 2. The number of carbonyl (C=O) groups is 19.